The van der Waals surface area contributed by atoms with Crippen molar-refractivity contribution in [3.05, 3.63) is 30.3 Å². The second kappa shape index (κ2) is 5.16. The van der Waals surface area contributed by atoms with E-state index in [0.29, 0.717) is 5.56 Å². The molecule has 17 heavy (non-hydrogen) atoms. The molecule has 0 amide bonds. The summed E-state index contributed by atoms with van der Waals surface area (Å²) >= 11 is 0. The van der Waals surface area contributed by atoms with E-state index in [9.17, 15) is 14.7 Å². The summed E-state index contributed by atoms with van der Waals surface area (Å²) in [5.41, 5.74) is 0.327. The van der Waals surface area contributed by atoms with E-state index in [2.05, 4.69) is 6.58 Å². The van der Waals surface area contributed by atoms with Crippen LogP contribution in [0.5, 0.6) is 11.5 Å². The zero-order valence-electron chi connectivity index (χ0n) is 9.52. The molecule has 0 aliphatic heterocycles. The summed E-state index contributed by atoms with van der Waals surface area (Å²) in [6.07, 6.45) is 0. The van der Waals surface area contributed by atoms with E-state index in [4.69, 9.17) is 9.47 Å². The lowest BCUT2D eigenvalue weighted by Crippen LogP contribution is -2.05. The van der Waals surface area contributed by atoms with Crippen molar-refractivity contribution >= 4 is 17.7 Å². The Labute approximate surface area is 98.3 Å². The fraction of sp³-hybridized carbons (Fsp3) is 0.167. The Morgan fingerprint density at radius 3 is 2.41 bits per heavy atom. The Kier molecular flexibility index (Phi) is 3.87. The molecule has 1 N–H and O–H groups in total. The molecular weight excluding hydrogens is 224 g/mol. The van der Waals surface area contributed by atoms with Crippen molar-refractivity contribution in [3.8, 4) is 11.5 Å². The van der Waals surface area contributed by atoms with Gasteiger partial charge in [-0.25, -0.2) is 0 Å². The number of ether oxygens (including phenoxy) is 2. The predicted octanol–water partition coefficient (Wildman–Crippen LogP) is 1.85. The lowest BCUT2D eigenvalue weighted by molar-refractivity contribution is -0.134. The average Bonchev–Trinajstić information content (AvgIpc) is 2.15. The maximum absolute atomic E-state index is 10.9. The normalized spacial score (nSPS) is 9.53. The van der Waals surface area contributed by atoms with Crippen LogP contribution in [0.1, 0.15) is 19.4 Å². The number of hydrogen-bond donors (Lipinski definition) is 1. The molecule has 1 aromatic rings. The van der Waals surface area contributed by atoms with Crippen LogP contribution in [0, 0.1) is 0 Å². The Bertz CT molecular complexity index is 476. The van der Waals surface area contributed by atoms with Crippen molar-refractivity contribution in [1.29, 1.82) is 0 Å². The third-order valence-electron chi connectivity index (χ3n) is 1.79. The molecule has 5 heteroatoms. The van der Waals surface area contributed by atoms with Crippen LogP contribution in [0.3, 0.4) is 0 Å². The summed E-state index contributed by atoms with van der Waals surface area (Å²) in [5, 5.41) is 9.29. The Morgan fingerprint density at radius 1 is 1.24 bits per heavy atom. The van der Waals surface area contributed by atoms with Gasteiger partial charge in [-0.05, 0) is 12.1 Å². The van der Waals surface area contributed by atoms with Crippen LogP contribution in [0.2, 0.25) is 0 Å². The van der Waals surface area contributed by atoms with E-state index in [-0.39, 0.29) is 17.3 Å². The summed E-state index contributed by atoms with van der Waals surface area (Å²) in [6, 6.07) is 4.06. The Balaban J connectivity index is 3.09. The van der Waals surface area contributed by atoms with E-state index in [1.165, 1.54) is 32.0 Å². The fourth-order valence-corrected chi connectivity index (χ4v) is 1.21. The smallest absolute Gasteiger partial charge is 0.308 e. The third kappa shape index (κ3) is 3.64. The van der Waals surface area contributed by atoms with E-state index >= 15 is 0 Å². The van der Waals surface area contributed by atoms with Crippen LogP contribution in [0.15, 0.2) is 24.8 Å². The highest BCUT2D eigenvalue weighted by Crippen LogP contribution is 2.29. The molecule has 90 valence electrons. The summed E-state index contributed by atoms with van der Waals surface area (Å²) in [6.45, 7) is 6.00. The summed E-state index contributed by atoms with van der Waals surface area (Å²) in [5.74, 6) is -1.01. The lowest BCUT2D eigenvalue weighted by Gasteiger charge is -2.11. The van der Waals surface area contributed by atoms with Gasteiger partial charge >= 0.3 is 11.9 Å². The first kappa shape index (κ1) is 12.8. The molecule has 0 atom stereocenters. The van der Waals surface area contributed by atoms with Crippen LogP contribution in [-0.2, 0) is 14.3 Å². The fourth-order valence-electron chi connectivity index (χ4n) is 1.21. The molecule has 0 aliphatic rings. The van der Waals surface area contributed by atoms with Gasteiger partial charge in [0.2, 0.25) is 0 Å². The SMILES string of the molecule is C=C(OC(C)=O)c1ccc(O)cc1OC(C)=O. The number of hydrogen-bond acceptors (Lipinski definition) is 5. The monoisotopic (exact) mass is 236 g/mol. The second-order valence-corrected chi connectivity index (χ2v) is 3.29. The van der Waals surface area contributed by atoms with Crippen molar-refractivity contribution in [1.82, 2.24) is 0 Å². The summed E-state index contributed by atoms with van der Waals surface area (Å²) < 4.78 is 9.67. The van der Waals surface area contributed by atoms with Crippen LogP contribution in [0.4, 0.5) is 0 Å². The molecule has 1 aromatic carbocycles. The van der Waals surface area contributed by atoms with Crippen molar-refractivity contribution in [2.75, 3.05) is 0 Å². The standard InChI is InChI=1S/C12H12O5/c1-7(16-8(2)13)11-5-4-10(15)6-12(11)17-9(3)14/h4-6,15H,1H2,2-3H3. The molecule has 0 fully saturated rings. The zero-order chi connectivity index (χ0) is 13.0. The van der Waals surface area contributed by atoms with Crippen molar-refractivity contribution in [2.24, 2.45) is 0 Å². The molecule has 5 nitrogen and oxygen atoms in total. The lowest BCUT2D eigenvalue weighted by atomic mass is 10.1. The van der Waals surface area contributed by atoms with E-state index < -0.39 is 11.9 Å². The molecule has 0 unspecified atom stereocenters. The number of benzene rings is 1. The van der Waals surface area contributed by atoms with Crippen molar-refractivity contribution < 1.29 is 24.2 Å². The topological polar surface area (TPSA) is 72.8 Å². The second-order valence-electron chi connectivity index (χ2n) is 3.29. The van der Waals surface area contributed by atoms with Crippen LogP contribution < -0.4 is 4.74 Å². The number of phenols is 1. The van der Waals surface area contributed by atoms with Gasteiger partial charge in [0.25, 0.3) is 0 Å². The van der Waals surface area contributed by atoms with Gasteiger partial charge in [-0.3, -0.25) is 9.59 Å². The average molecular weight is 236 g/mol. The van der Waals surface area contributed by atoms with Crippen LogP contribution in [-0.4, -0.2) is 17.0 Å². The number of carbonyl (C=O) groups is 2. The summed E-state index contributed by atoms with van der Waals surface area (Å²) in [7, 11) is 0. The maximum atomic E-state index is 10.9. The molecule has 0 aliphatic carbocycles. The quantitative estimate of drug-likeness (QED) is 0.492. The molecule has 0 saturated carbocycles. The highest BCUT2D eigenvalue weighted by molar-refractivity contribution is 5.79. The number of esters is 2. The molecule has 1 rings (SSSR count). The minimum Gasteiger partial charge on any atom is -0.508 e. The van der Waals surface area contributed by atoms with Crippen LogP contribution in [0.25, 0.3) is 5.76 Å². The van der Waals surface area contributed by atoms with E-state index in [1.807, 2.05) is 0 Å². The molecule has 0 saturated heterocycles. The van der Waals surface area contributed by atoms with Gasteiger partial charge in [-0.15, -0.1) is 0 Å². The van der Waals surface area contributed by atoms with E-state index in [1.54, 1.807) is 0 Å². The molecule has 0 aromatic heterocycles. The van der Waals surface area contributed by atoms with Gasteiger partial charge in [0.15, 0.2) is 0 Å². The van der Waals surface area contributed by atoms with Gasteiger partial charge in [-0.2, -0.15) is 0 Å². The Hall–Kier alpha value is -2.30. The number of aromatic hydroxyl groups is 1. The highest BCUT2D eigenvalue weighted by Gasteiger charge is 2.12. The highest BCUT2D eigenvalue weighted by atomic mass is 16.5. The third-order valence-corrected chi connectivity index (χ3v) is 1.79. The van der Waals surface area contributed by atoms with Gasteiger partial charge in [0, 0.05) is 19.9 Å². The van der Waals surface area contributed by atoms with E-state index in [0.717, 1.165) is 0 Å². The van der Waals surface area contributed by atoms with Gasteiger partial charge < -0.3 is 14.6 Å². The van der Waals surface area contributed by atoms with Crippen molar-refractivity contribution in [3.63, 3.8) is 0 Å². The minimum absolute atomic E-state index is 0.0498. The molecular formula is C12H12O5. The molecule has 0 heterocycles. The predicted molar refractivity (Wildman–Crippen MR) is 60.2 cm³/mol. The van der Waals surface area contributed by atoms with Crippen molar-refractivity contribution in [2.45, 2.75) is 13.8 Å². The minimum atomic E-state index is -0.549. The molecule has 0 spiro atoms. The van der Waals surface area contributed by atoms with Gasteiger partial charge in [0.05, 0.1) is 5.56 Å². The maximum Gasteiger partial charge on any atom is 0.308 e. The Morgan fingerprint density at radius 2 is 1.88 bits per heavy atom. The van der Waals surface area contributed by atoms with Gasteiger partial charge in [-0.1, -0.05) is 6.58 Å². The summed E-state index contributed by atoms with van der Waals surface area (Å²) in [4.78, 5) is 21.7. The largest absolute Gasteiger partial charge is 0.508 e. The number of rotatable bonds is 3. The van der Waals surface area contributed by atoms with Gasteiger partial charge in [0.1, 0.15) is 17.3 Å². The first-order valence-electron chi connectivity index (χ1n) is 4.79. The number of carbonyl (C=O) groups excluding carboxylic acids is 2. The first-order valence-corrected chi connectivity index (χ1v) is 4.79. The molecule has 0 radical (unpaired) electrons. The number of phenolic OH excluding ortho intramolecular Hbond substituents is 1. The zero-order valence-corrected chi connectivity index (χ0v) is 9.52. The molecule has 0 bridgehead atoms. The first-order chi connectivity index (χ1) is 7.90. The van der Waals surface area contributed by atoms with Crippen LogP contribution >= 0.6 is 0 Å².